The average Bonchev–Trinajstić information content (AvgIpc) is 2.61. The summed E-state index contributed by atoms with van der Waals surface area (Å²) in [7, 11) is 0. The molecule has 0 amide bonds. The highest BCUT2D eigenvalue weighted by Gasteiger charge is 2.42. The lowest BCUT2D eigenvalue weighted by Gasteiger charge is -2.30. The van der Waals surface area contributed by atoms with E-state index < -0.39 is 0 Å². The lowest BCUT2D eigenvalue weighted by atomic mass is 9.74. The Morgan fingerprint density at radius 3 is 1.42 bits per heavy atom. The van der Waals surface area contributed by atoms with Gasteiger partial charge in [0.25, 0.3) is 0 Å². The molecular weight excluding hydrogens is 252 g/mol. The first-order valence-electron chi connectivity index (χ1n) is 7.02. The minimum absolute atomic E-state index is 0.104. The van der Waals surface area contributed by atoms with Gasteiger partial charge in [-0.1, -0.05) is 48.5 Å². The number of hydrogen-bond acceptors (Lipinski definition) is 0. The van der Waals surface area contributed by atoms with Crippen LogP contribution in [0.15, 0.2) is 48.5 Å². The van der Waals surface area contributed by atoms with E-state index in [1.807, 2.05) is 0 Å². The van der Waals surface area contributed by atoms with E-state index in [0.717, 1.165) is 12.8 Å². The van der Waals surface area contributed by atoms with Gasteiger partial charge in [-0.15, -0.1) is 11.6 Å². The lowest BCUT2D eigenvalue weighted by Crippen LogP contribution is -2.17. The number of benzene rings is 2. The zero-order valence-electron chi connectivity index (χ0n) is 11.1. The number of hydrogen-bond donors (Lipinski definition) is 0. The first-order chi connectivity index (χ1) is 9.16. The van der Waals surface area contributed by atoms with E-state index in [4.69, 9.17) is 11.6 Å². The van der Waals surface area contributed by atoms with Crippen LogP contribution in [0.5, 0.6) is 0 Å². The summed E-state index contributed by atoms with van der Waals surface area (Å²) in [4.78, 5) is -0.104. The Hall–Kier alpha value is -1.27. The first-order valence-corrected chi connectivity index (χ1v) is 7.40. The maximum atomic E-state index is 6.79. The van der Waals surface area contributed by atoms with Gasteiger partial charge in [-0.3, -0.25) is 0 Å². The summed E-state index contributed by atoms with van der Waals surface area (Å²) in [5.41, 5.74) is 5.98. The topological polar surface area (TPSA) is 0 Å². The summed E-state index contributed by atoms with van der Waals surface area (Å²) in [6, 6.07) is 17.8. The van der Waals surface area contributed by atoms with E-state index in [1.165, 1.54) is 22.3 Å². The molecule has 2 aromatic rings. The molecule has 0 unspecified atom stereocenters. The van der Waals surface area contributed by atoms with Crippen molar-refractivity contribution >= 4 is 11.6 Å². The molecule has 3 aliphatic rings. The van der Waals surface area contributed by atoms with Gasteiger partial charge in [-0.05, 0) is 42.0 Å². The summed E-state index contributed by atoms with van der Waals surface area (Å²) in [6.45, 7) is 2.20. The van der Waals surface area contributed by atoms with E-state index in [-0.39, 0.29) is 4.87 Å². The normalized spacial score (nSPS) is 31.5. The molecule has 19 heavy (non-hydrogen) atoms. The molecule has 0 radical (unpaired) electrons. The molecule has 1 heteroatoms. The Kier molecular flexibility index (Phi) is 2.35. The maximum absolute atomic E-state index is 6.79. The molecule has 5 rings (SSSR count). The molecule has 0 spiro atoms. The fourth-order valence-electron chi connectivity index (χ4n) is 4.00. The summed E-state index contributed by atoms with van der Waals surface area (Å²) in [6.07, 6.45) is 2.08. The lowest BCUT2D eigenvalue weighted by molar-refractivity contribution is 0.521. The standard InChI is InChI=1S/C18H17Cl/c1-18(19)10-16-12-6-2-3-7-13(12)17(11-18)15-9-5-4-8-14(15)16/h2-9,16-17H,10-11H2,1H3. The third-order valence-electron chi connectivity index (χ3n) is 4.75. The first kappa shape index (κ1) is 11.5. The molecule has 0 heterocycles. The van der Waals surface area contributed by atoms with Crippen LogP contribution in [0.2, 0.25) is 0 Å². The minimum atomic E-state index is -0.104. The van der Waals surface area contributed by atoms with Gasteiger partial charge in [0.15, 0.2) is 0 Å². The molecule has 3 aliphatic carbocycles. The van der Waals surface area contributed by atoms with Gasteiger partial charge >= 0.3 is 0 Å². The second-order valence-electron chi connectivity index (χ2n) is 6.18. The fraction of sp³-hybridized carbons (Fsp3) is 0.333. The Balaban J connectivity index is 2.02. The monoisotopic (exact) mass is 268 g/mol. The Bertz CT molecular complexity index is 540. The maximum Gasteiger partial charge on any atom is 0.0436 e. The molecule has 2 bridgehead atoms. The van der Waals surface area contributed by atoms with Crippen LogP contribution < -0.4 is 0 Å². The number of halogens is 1. The predicted molar refractivity (Wildman–Crippen MR) is 80.1 cm³/mol. The largest absolute Gasteiger partial charge is 0.120 e. The van der Waals surface area contributed by atoms with Crippen LogP contribution in [0.4, 0.5) is 0 Å². The van der Waals surface area contributed by atoms with Crippen molar-refractivity contribution < 1.29 is 0 Å². The molecule has 0 nitrogen and oxygen atoms in total. The van der Waals surface area contributed by atoms with Crippen molar-refractivity contribution in [3.63, 3.8) is 0 Å². The van der Waals surface area contributed by atoms with Crippen molar-refractivity contribution in [2.45, 2.75) is 36.5 Å². The Morgan fingerprint density at radius 2 is 1.11 bits per heavy atom. The van der Waals surface area contributed by atoms with Crippen LogP contribution in [0.3, 0.4) is 0 Å². The number of rotatable bonds is 0. The van der Waals surface area contributed by atoms with Crippen LogP contribution in [-0.2, 0) is 0 Å². The molecule has 2 aromatic carbocycles. The molecule has 0 N–H and O–H groups in total. The van der Waals surface area contributed by atoms with E-state index in [2.05, 4.69) is 55.5 Å². The highest BCUT2D eigenvalue weighted by molar-refractivity contribution is 6.23. The number of alkyl halides is 1. The fourth-order valence-corrected chi connectivity index (χ4v) is 4.31. The van der Waals surface area contributed by atoms with Gasteiger partial charge in [-0.2, -0.15) is 0 Å². The molecule has 0 saturated carbocycles. The van der Waals surface area contributed by atoms with Gasteiger partial charge in [0.05, 0.1) is 0 Å². The van der Waals surface area contributed by atoms with Crippen molar-refractivity contribution in [1.29, 1.82) is 0 Å². The van der Waals surface area contributed by atoms with E-state index in [1.54, 1.807) is 0 Å². The third kappa shape index (κ3) is 1.66. The molecule has 0 fully saturated rings. The van der Waals surface area contributed by atoms with Crippen LogP contribution in [0.25, 0.3) is 0 Å². The molecule has 0 atom stereocenters. The highest BCUT2D eigenvalue weighted by Crippen LogP contribution is 2.54. The van der Waals surface area contributed by atoms with Crippen LogP contribution in [-0.4, -0.2) is 4.87 Å². The van der Waals surface area contributed by atoms with E-state index >= 15 is 0 Å². The summed E-state index contributed by atoms with van der Waals surface area (Å²) < 4.78 is 0. The molecule has 0 saturated heterocycles. The summed E-state index contributed by atoms with van der Waals surface area (Å²) in [5, 5.41) is 0. The Morgan fingerprint density at radius 1 is 0.789 bits per heavy atom. The smallest absolute Gasteiger partial charge is 0.0436 e. The van der Waals surface area contributed by atoms with E-state index in [0.29, 0.717) is 11.8 Å². The van der Waals surface area contributed by atoms with Crippen LogP contribution in [0, 0.1) is 0 Å². The summed E-state index contributed by atoms with van der Waals surface area (Å²) >= 11 is 6.79. The van der Waals surface area contributed by atoms with Crippen molar-refractivity contribution in [1.82, 2.24) is 0 Å². The minimum Gasteiger partial charge on any atom is -0.120 e. The van der Waals surface area contributed by atoms with Gasteiger partial charge in [-0.25, -0.2) is 0 Å². The molecule has 0 aliphatic heterocycles. The summed E-state index contributed by atoms with van der Waals surface area (Å²) in [5.74, 6) is 0.933. The second kappa shape index (κ2) is 3.86. The molecule has 96 valence electrons. The van der Waals surface area contributed by atoms with Crippen molar-refractivity contribution in [3.05, 3.63) is 70.8 Å². The highest BCUT2D eigenvalue weighted by atomic mass is 35.5. The average molecular weight is 269 g/mol. The van der Waals surface area contributed by atoms with Gasteiger partial charge < -0.3 is 0 Å². The number of fused-ring (bicyclic) bond motifs is 2. The van der Waals surface area contributed by atoms with Crippen LogP contribution in [0.1, 0.15) is 53.9 Å². The van der Waals surface area contributed by atoms with Gasteiger partial charge in [0.1, 0.15) is 0 Å². The zero-order chi connectivity index (χ0) is 13.0. The Labute approximate surface area is 119 Å². The van der Waals surface area contributed by atoms with Crippen LogP contribution >= 0.6 is 11.6 Å². The van der Waals surface area contributed by atoms with E-state index in [9.17, 15) is 0 Å². The van der Waals surface area contributed by atoms with Gasteiger partial charge in [0.2, 0.25) is 0 Å². The SMILES string of the molecule is CC1(Cl)CC2c3ccccc3C(C1)c1ccccc12. The molecular formula is C18H17Cl. The predicted octanol–water partition coefficient (Wildman–Crippen LogP) is 5.06. The van der Waals surface area contributed by atoms with Gasteiger partial charge in [0, 0.05) is 16.7 Å². The zero-order valence-corrected chi connectivity index (χ0v) is 11.8. The van der Waals surface area contributed by atoms with Crippen molar-refractivity contribution in [2.75, 3.05) is 0 Å². The quantitative estimate of drug-likeness (QED) is 0.586. The van der Waals surface area contributed by atoms with Crippen molar-refractivity contribution in [2.24, 2.45) is 0 Å². The second-order valence-corrected chi connectivity index (χ2v) is 7.10. The van der Waals surface area contributed by atoms with Crippen molar-refractivity contribution in [3.8, 4) is 0 Å². The molecule has 0 aromatic heterocycles. The third-order valence-corrected chi connectivity index (χ3v) is 5.06.